The molecule has 1 aliphatic carbocycles. The summed E-state index contributed by atoms with van der Waals surface area (Å²) < 4.78 is 16.9. The zero-order valence-electron chi connectivity index (χ0n) is 19.7. The molecule has 0 amide bonds. The maximum atomic E-state index is 12.3. The molecule has 0 heterocycles. The largest absolute Gasteiger partial charge is 0.494 e. The van der Waals surface area contributed by atoms with E-state index in [0.717, 1.165) is 42.8 Å². The van der Waals surface area contributed by atoms with Gasteiger partial charge in [0.05, 0.1) is 18.8 Å². The SMILES string of the molecule is CCCOc1ccc(C(=O)Oc2ccc(OCCCC3CCC(CCC)CC3)cc2)cc1. The predicted molar refractivity (Wildman–Crippen MR) is 129 cm³/mol. The van der Waals surface area contributed by atoms with E-state index in [1.165, 1.54) is 44.9 Å². The molecule has 0 aromatic heterocycles. The number of ether oxygens (including phenoxy) is 3. The molecule has 2 aromatic carbocycles. The predicted octanol–water partition coefficient (Wildman–Crippen LogP) is 7.46. The van der Waals surface area contributed by atoms with Gasteiger partial charge >= 0.3 is 5.97 Å². The van der Waals surface area contributed by atoms with Crippen LogP contribution in [0.25, 0.3) is 0 Å². The summed E-state index contributed by atoms with van der Waals surface area (Å²) in [5, 5.41) is 0. The highest BCUT2D eigenvalue weighted by atomic mass is 16.5. The van der Waals surface area contributed by atoms with E-state index in [-0.39, 0.29) is 5.97 Å². The standard InChI is InChI=1S/C28H38O4/c1-3-6-22-8-10-23(11-9-22)7-5-21-31-26-16-18-27(19-17-26)32-28(29)24-12-14-25(15-13-24)30-20-4-2/h12-19,22-23H,3-11,20-21H2,1-2H3. The number of carbonyl (C=O) groups is 1. The monoisotopic (exact) mass is 438 g/mol. The van der Waals surface area contributed by atoms with Crippen LogP contribution in [0, 0.1) is 11.8 Å². The smallest absolute Gasteiger partial charge is 0.343 e. The summed E-state index contributed by atoms with van der Waals surface area (Å²) in [5.74, 6) is 3.55. The van der Waals surface area contributed by atoms with Crippen molar-refractivity contribution >= 4 is 5.97 Å². The van der Waals surface area contributed by atoms with E-state index in [1.54, 1.807) is 36.4 Å². The Bertz CT molecular complexity index is 789. The normalized spacial score (nSPS) is 18.2. The van der Waals surface area contributed by atoms with Crippen LogP contribution in [0.4, 0.5) is 0 Å². The Labute approximate surface area is 193 Å². The lowest BCUT2D eigenvalue weighted by molar-refractivity contribution is 0.0734. The molecule has 4 heteroatoms. The molecule has 2 aromatic rings. The summed E-state index contributed by atoms with van der Waals surface area (Å²) >= 11 is 0. The van der Waals surface area contributed by atoms with Crippen molar-refractivity contribution in [2.75, 3.05) is 13.2 Å². The number of hydrogen-bond donors (Lipinski definition) is 0. The van der Waals surface area contributed by atoms with Crippen LogP contribution in [-0.4, -0.2) is 19.2 Å². The van der Waals surface area contributed by atoms with Gasteiger partial charge in [-0.05, 0) is 79.6 Å². The average molecular weight is 439 g/mol. The van der Waals surface area contributed by atoms with Crippen LogP contribution < -0.4 is 14.2 Å². The summed E-state index contributed by atoms with van der Waals surface area (Å²) in [6, 6.07) is 14.3. The summed E-state index contributed by atoms with van der Waals surface area (Å²) in [4.78, 5) is 12.3. The van der Waals surface area contributed by atoms with E-state index in [2.05, 4.69) is 13.8 Å². The molecule has 1 aliphatic rings. The van der Waals surface area contributed by atoms with Crippen molar-refractivity contribution in [2.24, 2.45) is 11.8 Å². The van der Waals surface area contributed by atoms with E-state index in [1.807, 2.05) is 12.1 Å². The lowest BCUT2D eigenvalue weighted by Crippen LogP contribution is -2.15. The van der Waals surface area contributed by atoms with Crippen molar-refractivity contribution in [1.82, 2.24) is 0 Å². The minimum absolute atomic E-state index is 0.380. The highest BCUT2D eigenvalue weighted by Gasteiger charge is 2.20. The molecular formula is C28H38O4. The number of benzene rings is 2. The molecule has 0 aliphatic heterocycles. The van der Waals surface area contributed by atoms with Gasteiger partial charge in [-0.25, -0.2) is 4.79 Å². The molecular weight excluding hydrogens is 400 g/mol. The minimum atomic E-state index is -0.380. The highest BCUT2D eigenvalue weighted by Crippen LogP contribution is 2.33. The third kappa shape index (κ3) is 7.89. The van der Waals surface area contributed by atoms with Gasteiger partial charge in [0.15, 0.2) is 0 Å². The molecule has 0 bridgehead atoms. The molecule has 32 heavy (non-hydrogen) atoms. The lowest BCUT2D eigenvalue weighted by Gasteiger charge is -2.28. The first kappa shape index (κ1) is 24.2. The number of hydrogen-bond acceptors (Lipinski definition) is 4. The molecule has 0 saturated heterocycles. The van der Waals surface area contributed by atoms with Crippen LogP contribution in [-0.2, 0) is 0 Å². The van der Waals surface area contributed by atoms with Gasteiger partial charge in [-0.15, -0.1) is 0 Å². The lowest BCUT2D eigenvalue weighted by atomic mass is 9.78. The molecule has 4 nitrogen and oxygen atoms in total. The quantitative estimate of drug-likeness (QED) is 0.196. The summed E-state index contributed by atoms with van der Waals surface area (Å²) in [5.41, 5.74) is 0.498. The minimum Gasteiger partial charge on any atom is -0.494 e. The van der Waals surface area contributed by atoms with E-state index >= 15 is 0 Å². The molecule has 0 N–H and O–H groups in total. The Morgan fingerprint density at radius 1 is 0.719 bits per heavy atom. The van der Waals surface area contributed by atoms with Gasteiger partial charge in [0.2, 0.25) is 0 Å². The number of esters is 1. The topological polar surface area (TPSA) is 44.8 Å². The van der Waals surface area contributed by atoms with Gasteiger partial charge in [-0.2, -0.15) is 0 Å². The Morgan fingerprint density at radius 2 is 1.25 bits per heavy atom. The van der Waals surface area contributed by atoms with Gasteiger partial charge in [0.1, 0.15) is 17.2 Å². The van der Waals surface area contributed by atoms with Crippen molar-refractivity contribution in [3.63, 3.8) is 0 Å². The van der Waals surface area contributed by atoms with Gasteiger partial charge in [0.25, 0.3) is 0 Å². The third-order valence-corrected chi connectivity index (χ3v) is 6.29. The Kier molecular flexibility index (Phi) is 9.93. The van der Waals surface area contributed by atoms with Crippen molar-refractivity contribution < 1.29 is 19.0 Å². The first-order chi connectivity index (χ1) is 15.7. The second-order valence-electron chi connectivity index (χ2n) is 8.90. The first-order valence-electron chi connectivity index (χ1n) is 12.4. The summed E-state index contributed by atoms with van der Waals surface area (Å²) in [6.45, 7) is 5.75. The Balaban J connectivity index is 1.35. The van der Waals surface area contributed by atoms with E-state index in [4.69, 9.17) is 14.2 Å². The van der Waals surface area contributed by atoms with E-state index < -0.39 is 0 Å². The van der Waals surface area contributed by atoms with Gasteiger partial charge in [0, 0.05) is 0 Å². The molecule has 174 valence electrons. The Morgan fingerprint density at radius 3 is 1.84 bits per heavy atom. The molecule has 0 radical (unpaired) electrons. The zero-order valence-corrected chi connectivity index (χ0v) is 19.7. The van der Waals surface area contributed by atoms with Crippen molar-refractivity contribution in [3.8, 4) is 17.2 Å². The Hall–Kier alpha value is -2.49. The van der Waals surface area contributed by atoms with E-state index in [0.29, 0.717) is 17.9 Å². The summed E-state index contributed by atoms with van der Waals surface area (Å²) in [7, 11) is 0. The summed E-state index contributed by atoms with van der Waals surface area (Å²) in [6.07, 6.45) is 11.6. The number of rotatable bonds is 12. The van der Waals surface area contributed by atoms with Crippen molar-refractivity contribution in [1.29, 1.82) is 0 Å². The van der Waals surface area contributed by atoms with Gasteiger partial charge in [-0.3, -0.25) is 0 Å². The third-order valence-electron chi connectivity index (χ3n) is 6.29. The average Bonchev–Trinajstić information content (AvgIpc) is 2.83. The van der Waals surface area contributed by atoms with Crippen LogP contribution in [0.5, 0.6) is 17.2 Å². The fraction of sp³-hybridized carbons (Fsp3) is 0.536. The first-order valence-corrected chi connectivity index (χ1v) is 12.4. The molecule has 3 rings (SSSR count). The van der Waals surface area contributed by atoms with Gasteiger partial charge in [-0.1, -0.05) is 52.4 Å². The zero-order chi connectivity index (χ0) is 22.6. The van der Waals surface area contributed by atoms with Crippen LogP contribution in [0.3, 0.4) is 0 Å². The maximum Gasteiger partial charge on any atom is 0.343 e. The van der Waals surface area contributed by atoms with Crippen molar-refractivity contribution in [2.45, 2.75) is 71.6 Å². The maximum absolute atomic E-state index is 12.3. The molecule has 1 saturated carbocycles. The van der Waals surface area contributed by atoms with Gasteiger partial charge < -0.3 is 14.2 Å². The number of carbonyl (C=O) groups excluding carboxylic acids is 1. The molecule has 1 fully saturated rings. The molecule has 0 spiro atoms. The van der Waals surface area contributed by atoms with E-state index in [9.17, 15) is 4.79 Å². The second-order valence-corrected chi connectivity index (χ2v) is 8.90. The molecule has 0 unspecified atom stereocenters. The van der Waals surface area contributed by atoms with Crippen molar-refractivity contribution in [3.05, 3.63) is 54.1 Å². The highest BCUT2D eigenvalue weighted by molar-refractivity contribution is 5.91. The van der Waals surface area contributed by atoms with Crippen LogP contribution >= 0.6 is 0 Å². The second kappa shape index (κ2) is 13.1. The fourth-order valence-corrected chi connectivity index (χ4v) is 4.46. The van der Waals surface area contributed by atoms with Crippen LogP contribution in [0.1, 0.15) is 82.0 Å². The van der Waals surface area contributed by atoms with Crippen LogP contribution in [0.15, 0.2) is 48.5 Å². The molecule has 0 atom stereocenters. The van der Waals surface area contributed by atoms with Crippen LogP contribution in [0.2, 0.25) is 0 Å². The fourth-order valence-electron chi connectivity index (χ4n) is 4.46.